The monoisotopic (exact) mass is 784 g/mol. The number of rotatable bonds is 9. The molecule has 1 aliphatic heterocycles. The molecule has 3 aliphatic carbocycles. The topological polar surface area (TPSA) is 111 Å². The Morgan fingerprint density at radius 3 is 2.07 bits per heavy atom. The second-order valence-corrected chi connectivity index (χ2v) is 32.2. The summed E-state index contributed by atoms with van der Waals surface area (Å²) < 4.78 is 21.0. The van der Waals surface area contributed by atoms with Crippen molar-refractivity contribution in [3.05, 3.63) is 34.9 Å². The van der Waals surface area contributed by atoms with Crippen LogP contribution in [0.5, 0.6) is 0 Å². The lowest BCUT2D eigenvalue weighted by Gasteiger charge is -2.66. The maximum atomic E-state index is 15.3. The normalized spacial score (nSPS) is 35.2. The van der Waals surface area contributed by atoms with Crippen LogP contribution in [-0.4, -0.2) is 63.2 Å². The number of hydrogen-bond donors (Lipinski definition) is 3. The molecule has 9 heteroatoms. The number of ketones is 1. The number of Topliss-reactive ketones (excluding diaryl/α,β-unsaturated/α-hetero) is 1. The Morgan fingerprint density at radius 2 is 1.52 bits per heavy atom. The van der Waals surface area contributed by atoms with E-state index in [1.807, 2.05) is 19.9 Å². The number of fused-ring (bicyclic) bond motifs is 4. The van der Waals surface area contributed by atoms with Crippen molar-refractivity contribution in [3.63, 3.8) is 0 Å². The molecule has 4 N–H and O–H groups in total. The van der Waals surface area contributed by atoms with E-state index >= 15 is 4.79 Å². The highest BCUT2D eigenvalue weighted by molar-refractivity contribution is 6.74. The first-order valence-electron chi connectivity index (χ1n) is 20.8. The van der Waals surface area contributed by atoms with Crippen molar-refractivity contribution in [3.8, 4) is 0 Å². The lowest BCUT2D eigenvalue weighted by molar-refractivity contribution is -0.204. The van der Waals surface area contributed by atoms with E-state index in [2.05, 4.69) is 114 Å². The molecule has 2 fully saturated rings. The lowest BCUT2D eigenvalue weighted by Crippen LogP contribution is -2.67. The Morgan fingerprint density at radius 1 is 0.926 bits per heavy atom. The molecule has 54 heavy (non-hydrogen) atoms. The van der Waals surface area contributed by atoms with Crippen molar-refractivity contribution in [1.29, 1.82) is 0 Å². The number of nitrogens with two attached hydrogens (primary N) is 1. The Kier molecular flexibility index (Phi) is 11.0. The molecule has 1 aromatic rings. The quantitative estimate of drug-likeness (QED) is 0.169. The highest BCUT2D eigenvalue weighted by Crippen LogP contribution is 2.68. The van der Waals surface area contributed by atoms with E-state index in [4.69, 9.17) is 19.3 Å². The summed E-state index contributed by atoms with van der Waals surface area (Å²) >= 11 is 0. The third kappa shape index (κ3) is 6.99. The number of benzene rings is 1. The zero-order chi connectivity index (χ0) is 41.0. The molecule has 1 heterocycles. The van der Waals surface area contributed by atoms with Gasteiger partial charge in [0.05, 0.1) is 23.4 Å². The van der Waals surface area contributed by atoms with E-state index in [9.17, 15) is 10.2 Å². The first-order valence-corrected chi connectivity index (χ1v) is 26.6. The lowest BCUT2D eigenvalue weighted by atomic mass is 9.39. The van der Waals surface area contributed by atoms with Gasteiger partial charge >= 0.3 is 0 Å². The fourth-order valence-electron chi connectivity index (χ4n) is 10.8. The van der Waals surface area contributed by atoms with E-state index in [0.29, 0.717) is 12.3 Å². The van der Waals surface area contributed by atoms with Crippen LogP contribution >= 0.6 is 0 Å². The van der Waals surface area contributed by atoms with Crippen LogP contribution in [0.3, 0.4) is 0 Å². The number of anilines is 1. The maximum absolute atomic E-state index is 15.3. The standard InChI is InChI=1S/C45H77NO6Si2/c1-39(2,3)53(14,15)50-27-43(11)34-19-18-29(26-47)45(13,44(34,12)21-20-36(43)51-54(16,17)40(4,5)6)35(48)23-28-22-30-31(24-33(28)46)38(49)37-32(30)25-41(7,8)52-42(37,9)10/h22,24-25,29,34,36-38,47,49H,18-21,23,26-27,46H2,1-17H3/t29-,34-,36-,37+,38+,43-,44-,45+/m0/s1. The highest BCUT2D eigenvalue weighted by Gasteiger charge is 2.67. The fraction of sp³-hybridized carbons (Fsp3) is 0.800. The number of ether oxygens (including phenoxy) is 1. The summed E-state index contributed by atoms with van der Waals surface area (Å²) in [5.41, 5.74) is 8.32. The molecular weight excluding hydrogens is 707 g/mol. The zero-order valence-electron chi connectivity index (χ0n) is 37.2. The molecule has 7 nitrogen and oxygen atoms in total. The Hall–Kier alpha value is -1.34. The van der Waals surface area contributed by atoms with Gasteiger partial charge in [-0.15, -0.1) is 0 Å². The number of nitrogen functional groups attached to an aromatic ring is 1. The average Bonchev–Trinajstić information content (AvgIpc) is 3.27. The Labute approximate surface area is 330 Å². The Balaban J connectivity index is 1.56. The van der Waals surface area contributed by atoms with Crippen LogP contribution in [0.2, 0.25) is 36.3 Å². The second kappa shape index (κ2) is 13.6. The molecule has 0 spiro atoms. The SMILES string of the molecule is CC1(C)C=C2c3cc(CC(=O)[C@@]4(C)[C@H](CO)CC[C@H]5[C@](C)(CO[Si](C)(C)C(C)(C)C)[C@@H](O[Si](C)(C)C(C)(C)C)CC[C@@]54C)c(N)cc3[C@@H](O)[C@@H]2C(C)(C)O1. The largest absolute Gasteiger partial charge is 0.416 e. The zero-order valence-corrected chi connectivity index (χ0v) is 39.2. The molecular formula is C45H77NO6Si2. The summed E-state index contributed by atoms with van der Waals surface area (Å²) in [6.07, 6.45) is 4.95. The molecule has 5 rings (SSSR count). The second-order valence-electron chi connectivity index (χ2n) is 22.7. The molecule has 0 aromatic heterocycles. The van der Waals surface area contributed by atoms with Gasteiger partial charge in [-0.05, 0) is 147 Å². The first-order chi connectivity index (χ1) is 24.3. The molecule has 2 saturated carbocycles. The molecule has 306 valence electrons. The van der Waals surface area contributed by atoms with Gasteiger partial charge in [-0.1, -0.05) is 62.3 Å². The summed E-state index contributed by atoms with van der Waals surface area (Å²) in [5.74, 6) is -0.111. The molecule has 0 unspecified atom stereocenters. The summed E-state index contributed by atoms with van der Waals surface area (Å²) in [6.45, 7) is 38.8. The van der Waals surface area contributed by atoms with Gasteiger partial charge in [-0.25, -0.2) is 0 Å². The molecule has 0 radical (unpaired) electrons. The average molecular weight is 784 g/mol. The number of carbonyl (C=O) groups is 1. The molecule has 4 aliphatic rings. The summed E-state index contributed by atoms with van der Waals surface area (Å²) in [7, 11) is -4.26. The molecule has 1 aromatic carbocycles. The molecule has 8 atom stereocenters. The van der Waals surface area contributed by atoms with E-state index in [1.54, 1.807) is 0 Å². The summed E-state index contributed by atoms with van der Waals surface area (Å²) in [4.78, 5) is 15.3. The van der Waals surface area contributed by atoms with Crippen LogP contribution in [-0.2, 0) is 24.8 Å². The van der Waals surface area contributed by atoms with E-state index in [-0.39, 0.29) is 58.2 Å². The van der Waals surface area contributed by atoms with E-state index < -0.39 is 44.8 Å². The van der Waals surface area contributed by atoms with Gasteiger partial charge in [-0.2, -0.15) is 0 Å². The smallest absolute Gasteiger partial charge is 0.192 e. The van der Waals surface area contributed by atoms with Crippen molar-refractivity contribution in [2.45, 2.75) is 182 Å². The van der Waals surface area contributed by atoms with Crippen molar-refractivity contribution >= 4 is 33.7 Å². The van der Waals surface area contributed by atoms with Crippen LogP contribution in [0.15, 0.2) is 18.2 Å². The maximum Gasteiger partial charge on any atom is 0.192 e. The number of carbonyl (C=O) groups excluding carboxylic acids is 1. The van der Waals surface area contributed by atoms with Gasteiger partial charge in [-0.3, -0.25) is 4.79 Å². The molecule has 0 saturated heterocycles. The van der Waals surface area contributed by atoms with Crippen molar-refractivity contribution in [2.24, 2.45) is 34.0 Å². The van der Waals surface area contributed by atoms with Gasteiger partial charge in [0, 0.05) is 42.1 Å². The van der Waals surface area contributed by atoms with Gasteiger partial charge in [0.15, 0.2) is 16.6 Å². The third-order valence-corrected chi connectivity index (χ3v) is 25.3. The van der Waals surface area contributed by atoms with Crippen LogP contribution in [0.1, 0.15) is 138 Å². The minimum absolute atomic E-state index is 0.0132. The number of aliphatic hydroxyl groups excluding tert-OH is 2. The van der Waals surface area contributed by atoms with Crippen molar-refractivity contribution < 1.29 is 28.6 Å². The van der Waals surface area contributed by atoms with Gasteiger partial charge < -0.3 is 29.5 Å². The van der Waals surface area contributed by atoms with Crippen LogP contribution < -0.4 is 5.73 Å². The predicted molar refractivity (Wildman–Crippen MR) is 227 cm³/mol. The summed E-state index contributed by atoms with van der Waals surface area (Å²) in [6, 6.07) is 3.96. The Bertz CT molecular complexity index is 1650. The predicted octanol–water partition coefficient (Wildman–Crippen LogP) is 10.3. The first kappa shape index (κ1) is 43.8. The molecule has 0 bridgehead atoms. The van der Waals surface area contributed by atoms with Crippen LogP contribution in [0, 0.1) is 34.0 Å². The number of hydrogen-bond acceptors (Lipinski definition) is 7. The van der Waals surface area contributed by atoms with E-state index in [1.165, 1.54) is 0 Å². The summed E-state index contributed by atoms with van der Waals surface area (Å²) in [5, 5.41) is 22.8. The van der Waals surface area contributed by atoms with Crippen molar-refractivity contribution in [1.82, 2.24) is 0 Å². The van der Waals surface area contributed by atoms with Gasteiger partial charge in [0.25, 0.3) is 0 Å². The third-order valence-electron chi connectivity index (χ3n) is 16.3. The van der Waals surface area contributed by atoms with Crippen molar-refractivity contribution in [2.75, 3.05) is 18.9 Å². The van der Waals surface area contributed by atoms with Crippen LogP contribution in [0.25, 0.3) is 5.57 Å². The van der Waals surface area contributed by atoms with Gasteiger partial charge in [0.2, 0.25) is 0 Å². The minimum atomic E-state index is -2.15. The van der Waals surface area contributed by atoms with Crippen LogP contribution in [0.4, 0.5) is 5.69 Å². The fourth-order valence-corrected chi connectivity index (χ4v) is 13.4. The highest BCUT2D eigenvalue weighted by atomic mass is 28.4. The number of aliphatic hydroxyl groups is 2. The van der Waals surface area contributed by atoms with E-state index in [0.717, 1.165) is 47.9 Å². The molecule has 0 amide bonds. The minimum Gasteiger partial charge on any atom is -0.416 e. The van der Waals surface area contributed by atoms with Gasteiger partial charge in [0.1, 0.15) is 5.78 Å².